The van der Waals surface area contributed by atoms with Crippen LogP contribution in [0.4, 0.5) is 0 Å². The molecule has 1 aromatic carbocycles. The second-order valence-corrected chi connectivity index (χ2v) is 5.12. The third kappa shape index (κ3) is 1.12. The Hall–Kier alpha value is -0.470. The maximum atomic E-state index is 3.49. The molecule has 2 aliphatic rings. The van der Waals surface area contributed by atoms with Crippen molar-refractivity contribution in [1.82, 2.24) is 0 Å². The average molecular weight is 251 g/mol. The Kier molecular flexibility index (Phi) is 1.67. The number of hydrogen-bond acceptors (Lipinski definition) is 1. The van der Waals surface area contributed by atoms with Crippen LogP contribution in [0.5, 0.6) is 0 Å². The largest absolute Gasteiger partial charge is 0.121 e. The SMILES string of the molecule is Brc1ccc2c(c1)=CC1=CCSC=21. The number of thioether (sulfide) groups is 1. The second kappa shape index (κ2) is 2.76. The first kappa shape index (κ1) is 7.89. The van der Waals surface area contributed by atoms with Crippen molar-refractivity contribution in [3.63, 3.8) is 0 Å². The fourth-order valence-corrected chi connectivity index (χ4v) is 3.23. The lowest BCUT2D eigenvalue weighted by molar-refractivity contribution is 1.51. The van der Waals surface area contributed by atoms with Crippen LogP contribution in [0.25, 0.3) is 11.0 Å². The van der Waals surface area contributed by atoms with Crippen LogP contribution in [0, 0.1) is 0 Å². The summed E-state index contributed by atoms with van der Waals surface area (Å²) in [5.74, 6) is 1.14. The lowest BCUT2D eigenvalue weighted by Crippen LogP contribution is -2.21. The van der Waals surface area contributed by atoms with E-state index in [-0.39, 0.29) is 0 Å². The molecule has 0 unspecified atom stereocenters. The fourth-order valence-electron chi connectivity index (χ4n) is 1.78. The van der Waals surface area contributed by atoms with Crippen molar-refractivity contribution >= 4 is 38.7 Å². The first-order valence-electron chi connectivity index (χ1n) is 4.19. The highest BCUT2D eigenvalue weighted by Crippen LogP contribution is 2.33. The zero-order chi connectivity index (χ0) is 8.84. The normalized spacial score (nSPS) is 17.9. The second-order valence-electron chi connectivity index (χ2n) is 3.18. The van der Waals surface area contributed by atoms with Crippen LogP contribution >= 0.6 is 27.7 Å². The Labute approximate surface area is 89.2 Å². The molecule has 0 saturated heterocycles. The molecule has 13 heavy (non-hydrogen) atoms. The summed E-state index contributed by atoms with van der Waals surface area (Å²) in [4.78, 5) is 1.46. The van der Waals surface area contributed by atoms with E-state index in [1.165, 1.54) is 20.9 Å². The molecule has 0 N–H and O–H groups in total. The van der Waals surface area contributed by atoms with E-state index >= 15 is 0 Å². The van der Waals surface area contributed by atoms with Crippen molar-refractivity contribution < 1.29 is 0 Å². The van der Waals surface area contributed by atoms with Gasteiger partial charge in [0, 0.05) is 15.1 Å². The molecule has 0 bridgehead atoms. The zero-order valence-corrected chi connectivity index (χ0v) is 9.28. The third-order valence-corrected chi connectivity index (χ3v) is 3.93. The molecule has 0 saturated carbocycles. The molecule has 0 radical (unpaired) electrons. The molecule has 0 fully saturated rings. The van der Waals surface area contributed by atoms with Gasteiger partial charge in [0.05, 0.1) is 0 Å². The van der Waals surface area contributed by atoms with Gasteiger partial charge in [-0.1, -0.05) is 28.1 Å². The first-order chi connectivity index (χ1) is 6.34. The Morgan fingerprint density at radius 1 is 1.31 bits per heavy atom. The monoisotopic (exact) mass is 250 g/mol. The molecule has 1 aliphatic carbocycles. The minimum absolute atomic E-state index is 1.14. The van der Waals surface area contributed by atoms with E-state index < -0.39 is 0 Å². The molecular formula is C11H7BrS. The van der Waals surface area contributed by atoms with E-state index in [1.54, 1.807) is 0 Å². The Balaban J connectivity index is 2.46. The van der Waals surface area contributed by atoms with Gasteiger partial charge in [-0.3, -0.25) is 0 Å². The van der Waals surface area contributed by atoms with Crippen molar-refractivity contribution in [3.8, 4) is 0 Å². The van der Waals surface area contributed by atoms with Gasteiger partial charge in [-0.2, -0.15) is 0 Å². The van der Waals surface area contributed by atoms with Gasteiger partial charge in [-0.25, -0.2) is 0 Å². The highest BCUT2D eigenvalue weighted by Gasteiger charge is 2.15. The van der Waals surface area contributed by atoms with Gasteiger partial charge in [-0.15, -0.1) is 11.8 Å². The number of rotatable bonds is 0. The molecule has 3 rings (SSSR count). The van der Waals surface area contributed by atoms with Crippen molar-refractivity contribution in [2.45, 2.75) is 0 Å². The third-order valence-electron chi connectivity index (χ3n) is 2.36. The molecule has 0 amide bonds. The quantitative estimate of drug-likeness (QED) is 0.679. The molecule has 1 aromatic rings. The molecular weight excluding hydrogens is 244 g/mol. The van der Waals surface area contributed by atoms with Gasteiger partial charge in [0.1, 0.15) is 0 Å². The maximum absolute atomic E-state index is 3.49. The van der Waals surface area contributed by atoms with E-state index in [9.17, 15) is 0 Å². The average Bonchev–Trinajstić information content (AvgIpc) is 2.62. The van der Waals surface area contributed by atoms with Crippen LogP contribution in [0.2, 0.25) is 0 Å². The Morgan fingerprint density at radius 2 is 2.23 bits per heavy atom. The minimum Gasteiger partial charge on any atom is -0.121 e. The van der Waals surface area contributed by atoms with Gasteiger partial charge in [-0.05, 0) is 34.2 Å². The Bertz CT molecular complexity index is 526. The van der Waals surface area contributed by atoms with Gasteiger partial charge in [0.2, 0.25) is 0 Å². The molecule has 0 aromatic heterocycles. The summed E-state index contributed by atoms with van der Waals surface area (Å²) in [5, 5.41) is 2.75. The van der Waals surface area contributed by atoms with Crippen LogP contribution < -0.4 is 10.4 Å². The van der Waals surface area contributed by atoms with Crippen molar-refractivity contribution in [3.05, 3.63) is 44.8 Å². The number of hydrogen-bond donors (Lipinski definition) is 0. The van der Waals surface area contributed by atoms with Crippen LogP contribution in [-0.2, 0) is 0 Å². The summed E-state index contributed by atoms with van der Waals surface area (Å²) in [6, 6.07) is 6.49. The van der Waals surface area contributed by atoms with Crippen LogP contribution in [0.15, 0.2) is 34.3 Å². The molecule has 2 heteroatoms. The molecule has 64 valence electrons. The summed E-state index contributed by atoms with van der Waals surface area (Å²) < 4.78 is 1.16. The van der Waals surface area contributed by atoms with E-state index in [2.05, 4.69) is 46.3 Å². The highest BCUT2D eigenvalue weighted by molar-refractivity contribution is 9.10. The number of benzene rings is 1. The number of halogens is 1. The highest BCUT2D eigenvalue weighted by atomic mass is 79.9. The Morgan fingerprint density at radius 3 is 3.15 bits per heavy atom. The van der Waals surface area contributed by atoms with Crippen molar-refractivity contribution in [1.29, 1.82) is 0 Å². The lowest BCUT2D eigenvalue weighted by Gasteiger charge is -1.92. The van der Waals surface area contributed by atoms with Gasteiger partial charge in [0.25, 0.3) is 0 Å². The van der Waals surface area contributed by atoms with E-state index in [4.69, 9.17) is 0 Å². The predicted molar refractivity (Wildman–Crippen MR) is 61.8 cm³/mol. The van der Waals surface area contributed by atoms with Crippen molar-refractivity contribution in [2.24, 2.45) is 0 Å². The van der Waals surface area contributed by atoms with E-state index in [0.717, 1.165) is 10.2 Å². The smallest absolute Gasteiger partial charge is 0.0223 e. The standard InChI is InChI=1S/C11H7BrS/c12-9-1-2-10-8(6-9)5-7-3-4-13-11(7)10/h1-3,5-6H,4H2. The first-order valence-corrected chi connectivity index (χ1v) is 5.97. The van der Waals surface area contributed by atoms with Gasteiger partial charge >= 0.3 is 0 Å². The zero-order valence-electron chi connectivity index (χ0n) is 6.88. The molecule has 0 spiro atoms. The summed E-state index contributed by atoms with van der Waals surface area (Å²) in [7, 11) is 0. The fraction of sp³-hybridized carbons (Fsp3) is 0.0909. The van der Waals surface area contributed by atoms with Gasteiger partial charge < -0.3 is 0 Å². The van der Waals surface area contributed by atoms with Crippen molar-refractivity contribution in [2.75, 3.05) is 5.75 Å². The summed E-state index contributed by atoms with van der Waals surface area (Å²) in [6.07, 6.45) is 4.57. The van der Waals surface area contributed by atoms with E-state index in [0.29, 0.717) is 0 Å². The topological polar surface area (TPSA) is 0 Å². The summed E-state index contributed by atoms with van der Waals surface area (Å²) >= 11 is 5.43. The molecule has 1 aliphatic heterocycles. The van der Waals surface area contributed by atoms with Crippen LogP contribution in [0.1, 0.15) is 0 Å². The van der Waals surface area contributed by atoms with E-state index in [1.807, 2.05) is 11.8 Å². The number of fused-ring (bicyclic) bond motifs is 2. The summed E-state index contributed by atoms with van der Waals surface area (Å²) in [5.41, 5.74) is 1.41. The summed E-state index contributed by atoms with van der Waals surface area (Å²) in [6.45, 7) is 0. The molecule has 1 heterocycles. The van der Waals surface area contributed by atoms with Crippen LogP contribution in [-0.4, -0.2) is 5.75 Å². The lowest BCUT2D eigenvalue weighted by atomic mass is 10.3. The molecule has 0 atom stereocenters. The molecule has 0 nitrogen and oxygen atoms in total. The minimum atomic E-state index is 1.14. The maximum Gasteiger partial charge on any atom is 0.0223 e. The van der Waals surface area contributed by atoms with Gasteiger partial charge in [0.15, 0.2) is 0 Å². The predicted octanol–water partition coefficient (Wildman–Crippen LogP) is 2.02. The van der Waals surface area contributed by atoms with Crippen LogP contribution in [0.3, 0.4) is 0 Å².